The molecule has 0 aliphatic carbocycles. The molecule has 3 aromatic heterocycles. The summed E-state index contributed by atoms with van der Waals surface area (Å²) in [4.78, 5) is 15.6. The predicted octanol–water partition coefficient (Wildman–Crippen LogP) is 15.5. The molecule has 288 valence electrons. The van der Waals surface area contributed by atoms with Gasteiger partial charge in [0.05, 0.1) is 5.56 Å². The zero-order chi connectivity index (χ0) is 40.7. The molecule has 0 radical (unpaired) electrons. The van der Waals surface area contributed by atoms with Gasteiger partial charge in [-0.25, -0.2) is 15.0 Å². The highest BCUT2D eigenvalue weighted by Crippen LogP contribution is 2.43. The van der Waals surface area contributed by atoms with Crippen LogP contribution in [0.4, 0.5) is 0 Å². The third-order valence-corrected chi connectivity index (χ3v) is 12.3. The van der Waals surface area contributed by atoms with Crippen LogP contribution in [-0.2, 0) is 0 Å². The zero-order valence-corrected chi connectivity index (χ0v) is 33.2. The molecule has 13 rings (SSSR count). The zero-order valence-electron chi connectivity index (χ0n) is 33.2. The van der Waals surface area contributed by atoms with Gasteiger partial charge in [-0.2, -0.15) is 0 Å². The molecule has 0 unspecified atom stereocenters. The average Bonchev–Trinajstić information content (AvgIpc) is 3.92. The maximum Gasteiger partial charge on any atom is 0.167 e. The minimum absolute atomic E-state index is 0.547. The Balaban J connectivity index is 0.987. The molecule has 0 atom stereocenters. The van der Waals surface area contributed by atoms with Gasteiger partial charge in [0.25, 0.3) is 0 Å². The molecule has 0 N–H and O–H groups in total. The molecule has 5 heteroatoms. The normalized spacial score (nSPS) is 11.9. The Morgan fingerprint density at radius 1 is 0.274 bits per heavy atom. The first-order chi connectivity index (χ1) is 30.7. The van der Waals surface area contributed by atoms with E-state index in [1.54, 1.807) is 0 Å². The van der Waals surface area contributed by atoms with E-state index in [0.717, 1.165) is 110 Å². The van der Waals surface area contributed by atoms with Crippen molar-refractivity contribution in [2.45, 2.75) is 0 Å². The van der Waals surface area contributed by atoms with Crippen LogP contribution in [0, 0.1) is 0 Å². The molecular weight excluding hydrogens is 759 g/mol. The van der Waals surface area contributed by atoms with Crippen LogP contribution in [0.3, 0.4) is 0 Å². The van der Waals surface area contributed by atoms with Crippen molar-refractivity contribution in [1.29, 1.82) is 0 Å². The number of nitrogens with zero attached hydrogens (tertiary/aromatic N) is 3. The third kappa shape index (κ3) is 5.45. The smallest absolute Gasteiger partial charge is 0.167 e. The molecule has 62 heavy (non-hydrogen) atoms. The van der Waals surface area contributed by atoms with Crippen LogP contribution in [-0.4, -0.2) is 15.0 Å². The summed E-state index contributed by atoms with van der Waals surface area (Å²) in [6.07, 6.45) is 0. The van der Waals surface area contributed by atoms with Crippen molar-refractivity contribution in [2.75, 3.05) is 0 Å². The van der Waals surface area contributed by atoms with E-state index < -0.39 is 0 Å². The first-order valence-corrected chi connectivity index (χ1v) is 20.8. The number of rotatable bonds is 5. The molecule has 5 nitrogen and oxygen atoms in total. The van der Waals surface area contributed by atoms with Gasteiger partial charge < -0.3 is 8.83 Å². The Morgan fingerprint density at radius 3 is 1.65 bits per heavy atom. The highest BCUT2D eigenvalue weighted by molar-refractivity contribution is 6.23. The van der Waals surface area contributed by atoms with Crippen molar-refractivity contribution >= 4 is 76.2 Å². The molecule has 0 aliphatic rings. The lowest BCUT2D eigenvalue weighted by atomic mass is 9.95. The summed E-state index contributed by atoms with van der Waals surface area (Å²) in [6.45, 7) is 0. The molecule has 0 aliphatic heterocycles. The van der Waals surface area contributed by atoms with Gasteiger partial charge >= 0.3 is 0 Å². The van der Waals surface area contributed by atoms with Crippen LogP contribution in [0.5, 0.6) is 0 Å². The van der Waals surface area contributed by atoms with Crippen LogP contribution in [0.1, 0.15) is 0 Å². The molecule has 3 heterocycles. The second-order valence-corrected chi connectivity index (χ2v) is 15.9. The number of para-hydroxylation sites is 2. The van der Waals surface area contributed by atoms with Crippen LogP contribution in [0.2, 0.25) is 0 Å². The lowest BCUT2D eigenvalue weighted by Gasteiger charge is -2.11. The quantitative estimate of drug-likeness (QED) is 0.174. The second-order valence-electron chi connectivity index (χ2n) is 15.9. The fourth-order valence-electron chi connectivity index (χ4n) is 9.35. The van der Waals surface area contributed by atoms with Gasteiger partial charge in [-0.1, -0.05) is 158 Å². The molecule has 0 spiro atoms. The number of hydrogen-bond donors (Lipinski definition) is 0. The maximum atomic E-state index is 6.90. The van der Waals surface area contributed by atoms with Crippen LogP contribution >= 0.6 is 0 Å². The Labute approximate surface area is 355 Å². The van der Waals surface area contributed by atoms with E-state index in [1.165, 1.54) is 5.39 Å². The second kappa shape index (κ2) is 13.6. The fourth-order valence-corrected chi connectivity index (χ4v) is 9.35. The molecule has 0 saturated carbocycles. The third-order valence-electron chi connectivity index (χ3n) is 12.3. The predicted molar refractivity (Wildman–Crippen MR) is 254 cm³/mol. The van der Waals surface area contributed by atoms with Gasteiger partial charge in [0.15, 0.2) is 17.5 Å². The minimum atomic E-state index is 0.547. The standard InChI is InChI=1S/C57H33N3O2/c1-2-13-35(14-3-1)48-33-51-53(44-17-7-6-16-43(44)48)46-20-10-21-47(54(46)62-51)57-59-55(40-28-24-34-12-4-5-15-36(34)31-40)58-56(60-57)41-29-26-37-30-39(27-25-38(37)32-41)42-19-11-23-50-52(42)45-18-8-9-22-49(45)61-50/h1-33H. The highest BCUT2D eigenvalue weighted by Gasteiger charge is 2.21. The monoisotopic (exact) mass is 791 g/mol. The largest absolute Gasteiger partial charge is 0.456 e. The Bertz CT molecular complexity index is 3940. The molecule has 0 bridgehead atoms. The number of aromatic nitrogens is 3. The first kappa shape index (κ1) is 34.5. The van der Waals surface area contributed by atoms with E-state index in [4.69, 9.17) is 23.8 Å². The summed E-state index contributed by atoms with van der Waals surface area (Å²) >= 11 is 0. The maximum absolute atomic E-state index is 6.90. The van der Waals surface area contributed by atoms with Gasteiger partial charge in [0, 0.05) is 32.7 Å². The lowest BCUT2D eigenvalue weighted by molar-refractivity contribution is 0.669. The Morgan fingerprint density at radius 2 is 0.839 bits per heavy atom. The average molecular weight is 792 g/mol. The van der Waals surface area contributed by atoms with Gasteiger partial charge in [0.1, 0.15) is 22.3 Å². The first-order valence-electron chi connectivity index (χ1n) is 20.8. The topological polar surface area (TPSA) is 65.0 Å². The van der Waals surface area contributed by atoms with E-state index in [9.17, 15) is 0 Å². The van der Waals surface area contributed by atoms with E-state index in [-0.39, 0.29) is 0 Å². The van der Waals surface area contributed by atoms with Crippen molar-refractivity contribution in [3.05, 3.63) is 200 Å². The summed E-state index contributed by atoms with van der Waals surface area (Å²) in [5.41, 5.74) is 10.5. The van der Waals surface area contributed by atoms with Crippen LogP contribution < -0.4 is 0 Å². The van der Waals surface area contributed by atoms with Gasteiger partial charge in [-0.3, -0.25) is 0 Å². The molecule has 13 aromatic rings. The minimum Gasteiger partial charge on any atom is -0.456 e. The molecular formula is C57H33N3O2. The van der Waals surface area contributed by atoms with E-state index in [2.05, 4.69) is 176 Å². The van der Waals surface area contributed by atoms with Crippen molar-refractivity contribution in [3.8, 4) is 56.4 Å². The molecule has 10 aromatic carbocycles. The van der Waals surface area contributed by atoms with E-state index >= 15 is 0 Å². The summed E-state index contributed by atoms with van der Waals surface area (Å²) < 4.78 is 13.1. The fraction of sp³-hybridized carbons (Fsp3) is 0. The van der Waals surface area contributed by atoms with Crippen LogP contribution in [0.15, 0.2) is 209 Å². The number of benzene rings is 10. The van der Waals surface area contributed by atoms with E-state index in [1.807, 2.05) is 24.3 Å². The van der Waals surface area contributed by atoms with Crippen molar-refractivity contribution < 1.29 is 8.83 Å². The summed E-state index contributed by atoms with van der Waals surface area (Å²) in [5.74, 6) is 1.73. The molecule has 0 fully saturated rings. The Hall–Kier alpha value is -8.41. The highest BCUT2D eigenvalue weighted by atomic mass is 16.3. The van der Waals surface area contributed by atoms with Gasteiger partial charge in [0.2, 0.25) is 0 Å². The van der Waals surface area contributed by atoms with Crippen LogP contribution in [0.25, 0.3) is 133 Å². The summed E-state index contributed by atoms with van der Waals surface area (Å²) in [7, 11) is 0. The molecule has 0 saturated heterocycles. The lowest BCUT2D eigenvalue weighted by Crippen LogP contribution is -2.00. The van der Waals surface area contributed by atoms with Crippen molar-refractivity contribution in [2.24, 2.45) is 0 Å². The number of furan rings is 2. The SMILES string of the molecule is c1ccc(-c2cc3oc4c(-c5nc(-c6ccc7ccccc7c6)nc(-c6ccc7cc(-c8cccc9oc%10ccccc%10c89)ccc7c6)n5)cccc4c3c3ccccc23)cc1. The molecule has 0 amide bonds. The van der Waals surface area contributed by atoms with Gasteiger partial charge in [-0.05, 0) is 97.0 Å². The van der Waals surface area contributed by atoms with Crippen molar-refractivity contribution in [3.63, 3.8) is 0 Å². The number of fused-ring (bicyclic) bond motifs is 10. The summed E-state index contributed by atoms with van der Waals surface area (Å²) in [6, 6.07) is 69.9. The number of hydrogen-bond acceptors (Lipinski definition) is 5. The van der Waals surface area contributed by atoms with Crippen molar-refractivity contribution in [1.82, 2.24) is 15.0 Å². The van der Waals surface area contributed by atoms with Gasteiger partial charge in [-0.15, -0.1) is 0 Å². The van der Waals surface area contributed by atoms with E-state index in [0.29, 0.717) is 17.5 Å². The summed E-state index contributed by atoms with van der Waals surface area (Å²) in [5, 5.41) is 11.1. The Kier molecular flexibility index (Phi) is 7.54.